The number of hydrogen-bond acceptors (Lipinski definition) is 6. The number of hydrogen-bond donors (Lipinski definition) is 0. The van der Waals surface area contributed by atoms with Crippen LogP contribution in [0.3, 0.4) is 0 Å². The summed E-state index contributed by atoms with van der Waals surface area (Å²) in [7, 11) is 1.73. The number of nitrogens with zero attached hydrogens (tertiary/aromatic N) is 1. The van der Waals surface area contributed by atoms with Gasteiger partial charge in [0.15, 0.2) is 5.79 Å². The molecule has 4 rings (SSSR count). The maximum absolute atomic E-state index is 6.24. The molecule has 30 heavy (non-hydrogen) atoms. The Hall–Kier alpha value is -1.80. The fraction of sp³-hybridized carbons (Fsp3) is 0.500. The Balaban J connectivity index is 1.52. The van der Waals surface area contributed by atoms with Gasteiger partial charge in [0.05, 0.1) is 25.9 Å². The molecule has 0 bridgehead atoms. The van der Waals surface area contributed by atoms with Crippen LogP contribution in [0.5, 0.6) is 0 Å². The van der Waals surface area contributed by atoms with Gasteiger partial charge in [0, 0.05) is 13.7 Å². The lowest BCUT2D eigenvalue weighted by Crippen LogP contribution is -2.62. The van der Waals surface area contributed by atoms with E-state index in [1.54, 1.807) is 7.11 Å². The van der Waals surface area contributed by atoms with Gasteiger partial charge < -0.3 is 18.9 Å². The second-order valence-electron chi connectivity index (χ2n) is 8.25. The number of hydroxylamine groups is 2. The van der Waals surface area contributed by atoms with Crippen LogP contribution in [-0.2, 0) is 36.9 Å². The van der Waals surface area contributed by atoms with E-state index >= 15 is 0 Å². The summed E-state index contributed by atoms with van der Waals surface area (Å²) < 4.78 is 24.3. The summed E-state index contributed by atoms with van der Waals surface area (Å²) in [5.41, 5.74) is 2.29. The zero-order chi connectivity index (χ0) is 21.0. The average molecular weight is 414 g/mol. The van der Waals surface area contributed by atoms with E-state index in [0.29, 0.717) is 26.4 Å². The molecule has 2 aliphatic heterocycles. The van der Waals surface area contributed by atoms with Gasteiger partial charge in [-0.15, -0.1) is 0 Å². The number of ether oxygens (including phenoxy) is 4. The molecule has 4 atom stereocenters. The van der Waals surface area contributed by atoms with Crippen LogP contribution in [0.15, 0.2) is 60.7 Å². The monoisotopic (exact) mass is 413 g/mol. The second kappa shape index (κ2) is 9.56. The molecule has 6 nitrogen and oxygen atoms in total. The van der Waals surface area contributed by atoms with Gasteiger partial charge in [-0.25, -0.2) is 0 Å². The van der Waals surface area contributed by atoms with E-state index in [1.807, 2.05) is 55.3 Å². The first-order valence-corrected chi connectivity index (χ1v) is 10.5. The lowest BCUT2D eigenvalue weighted by molar-refractivity contribution is -0.307. The van der Waals surface area contributed by atoms with Crippen molar-refractivity contribution in [2.24, 2.45) is 0 Å². The molecular formula is C24H31NO5. The predicted octanol–water partition coefficient (Wildman–Crippen LogP) is 3.55. The summed E-state index contributed by atoms with van der Waals surface area (Å²) in [6.45, 7) is 5.92. The molecule has 0 aromatic heterocycles. The fourth-order valence-corrected chi connectivity index (χ4v) is 4.14. The van der Waals surface area contributed by atoms with Crippen LogP contribution in [0.1, 0.15) is 25.0 Å². The molecule has 0 saturated carbocycles. The average Bonchev–Trinajstić information content (AvgIpc) is 3.13. The van der Waals surface area contributed by atoms with E-state index in [4.69, 9.17) is 23.8 Å². The van der Waals surface area contributed by atoms with Crippen LogP contribution in [0.2, 0.25) is 0 Å². The van der Waals surface area contributed by atoms with Crippen LogP contribution >= 0.6 is 0 Å². The Morgan fingerprint density at radius 3 is 2.23 bits per heavy atom. The molecule has 2 fully saturated rings. The Morgan fingerprint density at radius 2 is 1.63 bits per heavy atom. The van der Waals surface area contributed by atoms with E-state index in [-0.39, 0.29) is 24.4 Å². The van der Waals surface area contributed by atoms with Gasteiger partial charge in [0.1, 0.15) is 18.3 Å². The summed E-state index contributed by atoms with van der Waals surface area (Å²) in [6.07, 6.45) is -0.606. The minimum Gasteiger partial charge on any atom is -0.377 e. The van der Waals surface area contributed by atoms with Gasteiger partial charge in [-0.05, 0) is 25.0 Å². The van der Waals surface area contributed by atoms with Crippen LogP contribution in [0.4, 0.5) is 0 Å². The molecule has 0 N–H and O–H groups in total. The topological polar surface area (TPSA) is 49.4 Å². The van der Waals surface area contributed by atoms with Crippen molar-refractivity contribution in [3.8, 4) is 0 Å². The second-order valence-corrected chi connectivity index (χ2v) is 8.25. The van der Waals surface area contributed by atoms with E-state index in [2.05, 4.69) is 24.3 Å². The van der Waals surface area contributed by atoms with Crippen molar-refractivity contribution in [2.45, 2.75) is 57.1 Å². The summed E-state index contributed by atoms with van der Waals surface area (Å²) in [5.74, 6) is -0.626. The lowest BCUT2D eigenvalue weighted by atomic mass is 9.97. The van der Waals surface area contributed by atoms with Crippen LogP contribution in [-0.4, -0.2) is 55.5 Å². The largest absolute Gasteiger partial charge is 0.377 e. The molecule has 2 aromatic rings. The lowest BCUT2D eigenvalue weighted by Gasteiger charge is -2.45. The van der Waals surface area contributed by atoms with E-state index < -0.39 is 5.79 Å². The Kier molecular flexibility index (Phi) is 6.83. The molecule has 0 radical (unpaired) electrons. The van der Waals surface area contributed by atoms with Crippen molar-refractivity contribution in [2.75, 3.05) is 20.3 Å². The molecule has 2 heterocycles. The van der Waals surface area contributed by atoms with Gasteiger partial charge in [0.25, 0.3) is 0 Å². The van der Waals surface area contributed by atoms with Gasteiger partial charge in [-0.2, -0.15) is 5.06 Å². The first kappa shape index (κ1) is 21.4. The van der Waals surface area contributed by atoms with Crippen molar-refractivity contribution in [1.29, 1.82) is 0 Å². The zero-order valence-corrected chi connectivity index (χ0v) is 17.9. The summed E-state index contributed by atoms with van der Waals surface area (Å²) in [4.78, 5) is 6.20. The molecule has 2 aromatic carbocycles. The minimum atomic E-state index is -0.626. The number of benzene rings is 2. The van der Waals surface area contributed by atoms with E-state index in [9.17, 15) is 0 Å². The third-order valence-electron chi connectivity index (χ3n) is 5.61. The van der Waals surface area contributed by atoms with Gasteiger partial charge in [0.2, 0.25) is 0 Å². The summed E-state index contributed by atoms with van der Waals surface area (Å²) in [6, 6.07) is 20.3. The maximum Gasteiger partial charge on any atom is 0.163 e. The molecule has 0 aliphatic carbocycles. The van der Waals surface area contributed by atoms with Crippen LogP contribution < -0.4 is 0 Å². The highest BCUT2D eigenvalue weighted by atomic mass is 16.8. The predicted molar refractivity (Wildman–Crippen MR) is 112 cm³/mol. The van der Waals surface area contributed by atoms with Gasteiger partial charge >= 0.3 is 0 Å². The molecule has 0 unspecified atom stereocenters. The zero-order valence-electron chi connectivity index (χ0n) is 17.9. The summed E-state index contributed by atoms with van der Waals surface area (Å²) >= 11 is 0. The van der Waals surface area contributed by atoms with E-state index in [0.717, 1.165) is 5.56 Å². The maximum atomic E-state index is 6.24. The molecule has 2 aliphatic rings. The molecule has 162 valence electrons. The smallest absolute Gasteiger partial charge is 0.163 e. The third kappa shape index (κ3) is 5.09. The van der Waals surface area contributed by atoms with Crippen molar-refractivity contribution in [3.63, 3.8) is 0 Å². The van der Waals surface area contributed by atoms with Crippen LogP contribution in [0, 0.1) is 0 Å². The molecule has 6 heteroatoms. The molecular weight excluding hydrogens is 382 g/mol. The van der Waals surface area contributed by atoms with Crippen LogP contribution in [0.25, 0.3) is 0 Å². The molecule has 2 saturated heterocycles. The Bertz CT molecular complexity index is 785. The quantitative estimate of drug-likeness (QED) is 0.692. The van der Waals surface area contributed by atoms with Crippen molar-refractivity contribution in [3.05, 3.63) is 71.8 Å². The number of rotatable bonds is 7. The first-order valence-electron chi connectivity index (χ1n) is 10.5. The fourth-order valence-electron chi connectivity index (χ4n) is 4.14. The minimum absolute atomic E-state index is 0.161. The van der Waals surface area contributed by atoms with Crippen molar-refractivity contribution >= 4 is 0 Å². The van der Waals surface area contributed by atoms with Crippen molar-refractivity contribution < 1.29 is 23.8 Å². The Morgan fingerprint density at radius 1 is 0.967 bits per heavy atom. The van der Waals surface area contributed by atoms with Gasteiger partial charge in [-0.1, -0.05) is 60.7 Å². The Labute approximate surface area is 178 Å². The highest BCUT2D eigenvalue weighted by Gasteiger charge is 2.49. The van der Waals surface area contributed by atoms with E-state index in [1.165, 1.54) is 5.56 Å². The SMILES string of the molecule is CO[C@@H]1[C@H]([C@H]2COC(C)(C)O2)N(Cc2ccccc2)OC[C@H]1OCc1ccccc1. The van der Waals surface area contributed by atoms with Gasteiger partial charge in [-0.3, -0.25) is 4.84 Å². The standard InChI is InChI=1S/C24H31NO5/c1-24(2)28-16-20(30-24)22-23(26-3)21(27-15-19-12-8-5-9-13-19)17-29-25(22)14-18-10-6-4-7-11-18/h4-13,20-23H,14-17H2,1-3H3/t20-,21-,22+,23+/m1/s1. The highest BCUT2D eigenvalue weighted by molar-refractivity contribution is 5.15. The molecule has 0 amide bonds. The van der Waals surface area contributed by atoms with Crippen molar-refractivity contribution in [1.82, 2.24) is 5.06 Å². The number of methoxy groups -OCH3 is 1. The summed E-state index contributed by atoms with van der Waals surface area (Å²) in [5, 5.41) is 1.97. The molecule has 0 spiro atoms. The third-order valence-corrected chi connectivity index (χ3v) is 5.61. The normalized spacial score (nSPS) is 29.2. The highest BCUT2D eigenvalue weighted by Crippen LogP contribution is 2.33. The first-order chi connectivity index (χ1) is 14.6.